The van der Waals surface area contributed by atoms with Crippen molar-refractivity contribution in [2.45, 2.75) is 70.6 Å². The van der Waals surface area contributed by atoms with Crippen LogP contribution in [0.3, 0.4) is 0 Å². The summed E-state index contributed by atoms with van der Waals surface area (Å²) in [7, 11) is 0. The number of carbonyl (C=O) groups is 1. The molecule has 104 valence electrons. The van der Waals surface area contributed by atoms with Crippen LogP contribution < -0.4 is 5.32 Å². The number of hydrogen-bond donors (Lipinski definition) is 1. The summed E-state index contributed by atoms with van der Waals surface area (Å²) in [5.41, 5.74) is -0.397. The maximum Gasteiger partial charge on any atom is 0.410 e. The summed E-state index contributed by atoms with van der Waals surface area (Å²) in [6.07, 6.45) is 6.02. The number of nitrogens with one attached hydrogen (secondary N) is 1. The zero-order chi connectivity index (χ0) is 13.2. The normalized spacial score (nSPS) is 25.7. The maximum atomic E-state index is 12.0. The molecule has 0 radical (unpaired) electrons. The van der Waals surface area contributed by atoms with E-state index in [9.17, 15) is 4.79 Å². The summed E-state index contributed by atoms with van der Waals surface area (Å²) in [4.78, 5) is 13.9. The highest BCUT2D eigenvalue weighted by molar-refractivity contribution is 5.68. The number of ether oxygens (including phenoxy) is 1. The molecule has 0 bridgehead atoms. The molecule has 1 saturated heterocycles. The molecule has 4 nitrogen and oxygen atoms in total. The van der Waals surface area contributed by atoms with Gasteiger partial charge in [-0.25, -0.2) is 4.79 Å². The van der Waals surface area contributed by atoms with Crippen molar-refractivity contribution in [3.05, 3.63) is 0 Å². The van der Waals surface area contributed by atoms with E-state index in [2.05, 4.69) is 5.32 Å². The Kier molecular flexibility index (Phi) is 4.15. The Morgan fingerprint density at radius 2 is 1.83 bits per heavy atom. The van der Waals surface area contributed by atoms with Crippen LogP contribution in [0.25, 0.3) is 0 Å². The number of likely N-dealkylation sites (tertiary alicyclic amines) is 1. The van der Waals surface area contributed by atoms with Crippen LogP contribution in [0.2, 0.25) is 0 Å². The Morgan fingerprint density at radius 1 is 1.17 bits per heavy atom. The zero-order valence-corrected chi connectivity index (χ0v) is 11.9. The Labute approximate surface area is 110 Å². The molecular weight excluding hydrogens is 228 g/mol. The predicted octanol–water partition coefficient (Wildman–Crippen LogP) is 2.53. The number of piperidine rings is 1. The smallest absolute Gasteiger partial charge is 0.410 e. The van der Waals surface area contributed by atoms with Crippen molar-refractivity contribution in [1.29, 1.82) is 0 Å². The van der Waals surface area contributed by atoms with Crippen LogP contribution in [-0.4, -0.2) is 41.8 Å². The van der Waals surface area contributed by atoms with E-state index in [0.717, 1.165) is 19.5 Å². The van der Waals surface area contributed by atoms with E-state index in [0.29, 0.717) is 12.1 Å². The molecule has 0 aromatic heterocycles. The average Bonchev–Trinajstić information content (AvgIpc) is 2.22. The van der Waals surface area contributed by atoms with Crippen molar-refractivity contribution in [2.75, 3.05) is 13.1 Å². The summed E-state index contributed by atoms with van der Waals surface area (Å²) in [6, 6.07) is 1.14. The Balaban J connectivity index is 1.80. The Morgan fingerprint density at radius 3 is 2.39 bits per heavy atom. The summed E-state index contributed by atoms with van der Waals surface area (Å²) >= 11 is 0. The maximum absolute atomic E-state index is 12.0. The lowest BCUT2D eigenvalue weighted by atomic mass is 9.91. The molecule has 1 aliphatic carbocycles. The fourth-order valence-electron chi connectivity index (χ4n) is 2.51. The summed E-state index contributed by atoms with van der Waals surface area (Å²) in [6.45, 7) is 7.37. The van der Waals surface area contributed by atoms with Crippen molar-refractivity contribution < 1.29 is 9.53 Å². The third-order valence-electron chi connectivity index (χ3n) is 3.65. The van der Waals surface area contributed by atoms with Crippen molar-refractivity contribution in [1.82, 2.24) is 10.2 Å². The van der Waals surface area contributed by atoms with Gasteiger partial charge in [0.25, 0.3) is 0 Å². The first-order chi connectivity index (χ1) is 8.44. The van der Waals surface area contributed by atoms with Crippen LogP contribution in [-0.2, 0) is 4.74 Å². The molecule has 1 aliphatic heterocycles. The molecule has 0 unspecified atom stereocenters. The summed E-state index contributed by atoms with van der Waals surface area (Å²) < 4.78 is 5.43. The van der Waals surface area contributed by atoms with Crippen molar-refractivity contribution in [3.8, 4) is 0 Å². The highest BCUT2D eigenvalue weighted by atomic mass is 16.6. The topological polar surface area (TPSA) is 41.6 Å². The van der Waals surface area contributed by atoms with Crippen LogP contribution >= 0.6 is 0 Å². The van der Waals surface area contributed by atoms with Crippen LogP contribution in [0.4, 0.5) is 4.79 Å². The minimum Gasteiger partial charge on any atom is -0.444 e. The molecule has 2 fully saturated rings. The molecule has 1 atom stereocenters. The van der Waals surface area contributed by atoms with E-state index in [1.807, 2.05) is 25.7 Å². The first kappa shape index (κ1) is 13.7. The SMILES string of the molecule is CC(C)(C)OC(=O)N1CCC[C@H](NC2CCC2)C1. The van der Waals surface area contributed by atoms with E-state index in [1.54, 1.807) is 0 Å². The van der Waals surface area contributed by atoms with Gasteiger partial charge in [0.15, 0.2) is 0 Å². The van der Waals surface area contributed by atoms with Gasteiger partial charge < -0.3 is 15.0 Å². The molecule has 0 spiro atoms. The number of nitrogens with zero attached hydrogens (tertiary/aromatic N) is 1. The van der Waals surface area contributed by atoms with E-state index < -0.39 is 5.60 Å². The minimum absolute atomic E-state index is 0.164. The Bertz CT molecular complexity index is 295. The van der Waals surface area contributed by atoms with Crippen molar-refractivity contribution >= 4 is 6.09 Å². The van der Waals surface area contributed by atoms with E-state index >= 15 is 0 Å². The lowest BCUT2D eigenvalue weighted by Gasteiger charge is -2.38. The van der Waals surface area contributed by atoms with Gasteiger partial charge in [0.1, 0.15) is 5.60 Å². The zero-order valence-electron chi connectivity index (χ0n) is 11.9. The number of carbonyl (C=O) groups excluding carboxylic acids is 1. The second kappa shape index (κ2) is 5.47. The molecule has 4 heteroatoms. The molecule has 0 aromatic rings. The molecule has 1 heterocycles. The molecule has 1 saturated carbocycles. The van der Waals surface area contributed by atoms with Gasteiger partial charge in [0.05, 0.1) is 0 Å². The Hall–Kier alpha value is -0.770. The van der Waals surface area contributed by atoms with E-state index in [1.165, 1.54) is 25.7 Å². The molecular formula is C14H26N2O2. The lowest BCUT2D eigenvalue weighted by molar-refractivity contribution is 0.0178. The largest absolute Gasteiger partial charge is 0.444 e. The van der Waals surface area contributed by atoms with Gasteiger partial charge in [-0.05, 0) is 46.5 Å². The summed E-state index contributed by atoms with van der Waals surface area (Å²) in [5, 5.41) is 3.65. The van der Waals surface area contributed by atoms with Gasteiger partial charge in [0, 0.05) is 25.2 Å². The number of amides is 1. The van der Waals surface area contributed by atoms with Crippen LogP contribution in [0, 0.1) is 0 Å². The van der Waals surface area contributed by atoms with Crippen LogP contribution in [0.15, 0.2) is 0 Å². The third-order valence-corrected chi connectivity index (χ3v) is 3.65. The molecule has 2 aliphatic rings. The first-order valence-corrected chi connectivity index (χ1v) is 7.18. The fourth-order valence-corrected chi connectivity index (χ4v) is 2.51. The van der Waals surface area contributed by atoms with Gasteiger partial charge in [-0.15, -0.1) is 0 Å². The van der Waals surface area contributed by atoms with Crippen molar-refractivity contribution in [3.63, 3.8) is 0 Å². The van der Waals surface area contributed by atoms with Gasteiger partial charge in [-0.2, -0.15) is 0 Å². The monoisotopic (exact) mass is 254 g/mol. The van der Waals surface area contributed by atoms with Gasteiger partial charge in [-0.1, -0.05) is 6.42 Å². The number of hydrogen-bond acceptors (Lipinski definition) is 3. The molecule has 1 N–H and O–H groups in total. The predicted molar refractivity (Wildman–Crippen MR) is 71.6 cm³/mol. The van der Waals surface area contributed by atoms with Crippen molar-refractivity contribution in [2.24, 2.45) is 0 Å². The van der Waals surface area contributed by atoms with Gasteiger partial charge in [0.2, 0.25) is 0 Å². The third kappa shape index (κ3) is 3.87. The van der Waals surface area contributed by atoms with Gasteiger partial charge in [-0.3, -0.25) is 0 Å². The van der Waals surface area contributed by atoms with Crippen LogP contribution in [0.5, 0.6) is 0 Å². The number of rotatable bonds is 2. The molecule has 18 heavy (non-hydrogen) atoms. The molecule has 2 rings (SSSR count). The van der Waals surface area contributed by atoms with E-state index in [-0.39, 0.29) is 6.09 Å². The standard InChI is InChI=1S/C14H26N2O2/c1-14(2,3)18-13(17)16-9-5-8-12(10-16)15-11-6-4-7-11/h11-12,15H,4-10H2,1-3H3/t12-/m0/s1. The first-order valence-electron chi connectivity index (χ1n) is 7.18. The quantitative estimate of drug-likeness (QED) is 0.823. The second-order valence-electron chi connectivity index (χ2n) is 6.56. The van der Waals surface area contributed by atoms with Crippen LogP contribution in [0.1, 0.15) is 52.9 Å². The second-order valence-corrected chi connectivity index (χ2v) is 6.56. The molecule has 1 amide bonds. The average molecular weight is 254 g/mol. The van der Waals surface area contributed by atoms with Gasteiger partial charge >= 0.3 is 6.09 Å². The van der Waals surface area contributed by atoms with E-state index in [4.69, 9.17) is 4.74 Å². The lowest BCUT2D eigenvalue weighted by Crippen LogP contribution is -2.52. The highest BCUT2D eigenvalue weighted by Crippen LogP contribution is 2.21. The summed E-state index contributed by atoms with van der Waals surface area (Å²) in [5.74, 6) is 0. The molecule has 0 aromatic carbocycles. The fraction of sp³-hybridized carbons (Fsp3) is 0.929. The minimum atomic E-state index is -0.397. The highest BCUT2D eigenvalue weighted by Gasteiger charge is 2.29.